The number of nitro groups is 3. The van der Waals surface area contributed by atoms with E-state index in [1.807, 2.05) is 57.7 Å². The number of hydrogen-bond acceptors (Lipinski definition) is 23. The van der Waals surface area contributed by atoms with E-state index in [0.29, 0.717) is 86.9 Å². The van der Waals surface area contributed by atoms with Crippen molar-refractivity contribution in [3.05, 3.63) is 147 Å². The number of ether oxygens (including phenoxy) is 4. The van der Waals surface area contributed by atoms with E-state index in [0.717, 1.165) is 30.4 Å². The number of nitrogens with zero attached hydrogens (tertiary/aromatic N) is 12. The highest BCUT2D eigenvalue weighted by Crippen LogP contribution is 2.23. The Kier molecular flexibility index (Phi) is 27.2. The number of H-pyrrole nitrogens is 2. The first-order chi connectivity index (χ1) is 39.9. The number of oxazole rings is 1. The number of amides is 1. The van der Waals surface area contributed by atoms with Gasteiger partial charge < -0.3 is 83.8 Å². The molecule has 0 spiro atoms. The van der Waals surface area contributed by atoms with Gasteiger partial charge in [-0.25, -0.2) is 24.9 Å². The number of fused-ring (bicyclic) bond motifs is 1. The van der Waals surface area contributed by atoms with Gasteiger partial charge in [-0.05, 0) is 63.9 Å². The summed E-state index contributed by atoms with van der Waals surface area (Å²) in [6.45, 7) is 2.27. The summed E-state index contributed by atoms with van der Waals surface area (Å²) in [4.78, 5) is 109. The Labute approximate surface area is 471 Å². The molecule has 0 saturated carbocycles. The number of nitrogens with one attached hydrogen (secondary N) is 4. The maximum atomic E-state index is 12.4. The Hall–Kier alpha value is -10.9. The number of methoxy groups -OCH3 is 4. The zero-order valence-corrected chi connectivity index (χ0v) is 45.6. The maximum Gasteiger partial charge on any atom is 0.434 e. The minimum absolute atomic E-state index is 0.0140. The number of carbonyl (C=O) groups is 5. The molecular weight excluding hydrogens is 1090 g/mol. The fourth-order valence-corrected chi connectivity index (χ4v) is 6.82. The number of nitrogen functional groups attached to an aromatic ring is 1. The van der Waals surface area contributed by atoms with Crippen molar-refractivity contribution in [2.24, 2.45) is 0 Å². The number of anilines is 4. The number of para-hydroxylation sites is 1. The van der Waals surface area contributed by atoms with Crippen molar-refractivity contribution in [2.45, 2.75) is 84.0 Å². The zero-order chi connectivity index (χ0) is 60.5. The topological polar surface area (TPSA) is 430 Å². The lowest BCUT2D eigenvalue weighted by Crippen LogP contribution is -2.34. The molecule has 0 saturated heterocycles. The van der Waals surface area contributed by atoms with Gasteiger partial charge in [0, 0.05) is 74.7 Å². The van der Waals surface area contributed by atoms with Crippen LogP contribution in [-0.4, -0.2) is 122 Å². The highest BCUT2D eigenvalue weighted by atomic mass is 16.6. The van der Waals surface area contributed by atoms with Crippen LogP contribution in [0.2, 0.25) is 0 Å². The van der Waals surface area contributed by atoms with Crippen LogP contribution < -0.4 is 20.9 Å². The number of benzene rings is 2. The van der Waals surface area contributed by atoms with E-state index in [2.05, 4.69) is 64.5 Å². The van der Waals surface area contributed by atoms with E-state index in [1.165, 1.54) is 64.4 Å². The first-order valence-corrected chi connectivity index (χ1v) is 25.0. The normalized spacial score (nSPS) is 10.2. The van der Waals surface area contributed by atoms with Gasteiger partial charge in [-0.3, -0.25) is 24.0 Å². The average molecular weight is 1160 g/mol. The molecule has 0 aliphatic heterocycles. The third kappa shape index (κ3) is 24.3. The molecule has 1 amide bonds. The molecule has 0 bridgehead atoms. The van der Waals surface area contributed by atoms with Crippen molar-refractivity contribution in [1.29, 1.82) is 0 Å². The van der Waals surface area contributed by atoms with Crippen molar-refractivity contribution < 1.29 is 66.7 Å². The standard InChI is InChI=1S/C23H23N5O4.2C8H11N3O4.C8H13N3O2.C3H3N3O2/c1-31-22(30)8-5-11-28-14-20(24-15-28)27-21(29)13-16-9-10-18-19(12-16)32-23(26-18)25-17-6-3-2-4-7-17;1-15-8(12)3-2-4-10-5-7(9-6-10)11(13)14;1-15-8(12)3-2-4-10-6-9-5-7(10)11(13)14;1-13-8(12)3-2-4-11-5-7(9)10-6-11;7-6(8)3-1-4-2-5-3/h2-4,6-7,9-10,12,14-15H,5,8,11,13H2,1H3,(H,25,26)(H,27,29);2*5-6H,2-4H2,1H3;5-6H,2-4,9H2,1H3;1-2H,(H,4,5)/p+1. The molecule has 0 atom stereocenters. The largest absolute Gasteiger partial charge is 0.469 e. The van der Waals surface area contributed by atoms with E-state index < -0.39 is 14.8 Å². The number of aromatic amines is 2. The summed E-state index contributed by atoms with van der Waals surface area (Å²) in [6, 6.07) is 15.5. The van der Waals surface area contributed by atoms with Crippen LogP contribution in [0.1, 0.15) is 56.9 Å². The van der Waals surface area contributed by atoms with Gasteiger partial charge in [0.2, 0.25) is 18.4 Å². The molecule has 442 valence electrons. The van der Waals surface area contributed by atoms with Crippen molar-refractivity contribution in [3.63, 3.8) is 0 Å². The SMILES string of the molecule is COC(=O)CCC[n+]1c[nH]cc1[N+](=O)[O-].COC(=O)CCCn1cnc(N)c1.COC(=O)CCCn1cnc(NC(=O)Cc2ccc3nc(Nc4ccccc4)oc3c2)c1.COC(=O)CCCn1cnc([N+](=O)[O-])c1.O=[N+]([O-])c1cnc[nH]1. The molecule has 33 heteroatoms. The molecular formula is C50H62N17O16+. The Morgan fingerprint density at radius 1 is 0.711 bits per heavy atom. The summed E-state index contributed by atoms with van der Waals surface area (Å²) >= 11 is 0. The molecule has 0 fully saturated rings. The van der Waals surface area contributed by atoms with Gasteiger partial charge in [-0.15, -0.1) is 0 Å². The highest BCUT2D eigenvalue weighted by Gasteiger charge is 2.19. The van der Waals surface area contributed by atoms with Crippen LogP contribution in [0, 0.1) is 30.3 Å². The summed E-state index contributed by atoms with van der Waals surface area (Å²) in [6.07, 6.45) is 18.6. The Balaban J connectivity index is 0.000000244. The number of esters is 4. The Morgan fingerprint density at radius 3 is 1.81 bits per heavy atom. The van der Waals surface area contributed by atoms with E-state index in [9.17, 15) is 54.3 Å². The van der Waals surface area contributed by atoms with E-state index >= 15 is 0 Å². The molecule has 83 heavy (non-hydrogen) atoms. The van der Waals surface area contributed by atoms with Crippen LogP contribution in [0.3, 0.4) is 0 Å². The van der Waals surface area contributed by atoms with Crippen LogP contribution in [0.15, 0.2) is 116 Å². The molecule has 0 unspecified atom stereocenters. The molecule has 0 radical (unpaired) electrons. The third-order valence-corrected chi connectivity index (χ3v) is 10.9. The van der Waals surface area contributed by atoms with E-state index in [-0.39, 0.29) is 60.1 Å². The van der Waals surface area contributed by atoms with Gasteiger partial charge in [-0.2, -0.15) is 9.55 Å². The van der Waals surface area contributed by atoms with Gasteiger partial charge in [0.1, 0.15) is 30.3 Å². The lowest BCUT2D eigenvalue weighted by atomic mass is 10.1. The first-order valence-electron chi connectivity index (χ1n) is 25.0. The summed E-state index contributed by atoms with van der Waals surface area (Å²) in [5.74, 6) is -0.540. The number of aryl methyl sites for hydroxylation is 4. The number of carbonyl (C=O) groups excluding carboxylic acids is 5. The molecule has 6 N–H and O–H groups in total. The van der Waals surface area contributed by atoms with Gasteiger partial charge in [0.25, 0.3) is 6.01 Å². The van der Waals surface area contributed by atoms with Crippen LogP contribution in [0.25, 0.3) is 11.1 Å². The third-order valence-electron chi connectivity index (χ3n) is 10.9. The molecule has 0 aliphatic rings. The van der Waals surface area contributed by atoms with Gasteiger partial charge >= 0.3 is 47.7 Å². The van der Waals surface area contributed by atoms with Gasteiger partial charge in [-0.1, -0.05) is 24.3 Å². The number of hydrogen-bond donors (Lipinski definition) is 5. The van der Waals surface area contributed by atoms with Crippen molar-refractivity contribution in [2.75, 3.05) is 44.8 Å². The lowest BCUT2D eigenvalue weighted by Gasteiger charge is -2.03. The minimum atomic E-state index is -0.559. The fourth-order valence-electron chi connectivity index (χ4n) is 6.82. The first kappa shape index (κ1) is 64.6. The Morgan fingerprint density at radius 2 is 1.29 bits per heavy atom. The number of nitrogens with two attached hydrogens (primary N) is 1. The van der Waals surface area contributed by atoms with Crippen molar-refractivity contribution >= 4 is 81.7 Å². The molecule has 8 rings (SSSR count). The van der Waals surface area contributed by atoms with Crippen molar-refractivity contribution in [1.82, 2.24) is 48.6 Å². The zero-order valence-electron chi connectivity index (χ0n) is 45.6. The fraction of sp³-hybridized carbons (Fsp3) is 0.340. The second-order valence-corrected chi connectivity index (χ2v) is 17.0. The van der Waals surface area contributed by atoms with Crippen LogP contribution in [-0.2, 0) is 75.5 Å². The minimum Gasteiger partial charge on any atom is -0.469 e. The quantitative estimate of drug-likeness (QED) is 0.0163. The molecule has 2 aromatic carbocycles. The molecule has 33 nitrogen and oxygen atoms in total. The predicted octanol–water partition coefficient (Wildman–Crippen LogP) is 5.55. The van der Waals surface area contributed by atoms with Crippen LogP contribution in [0.4, 0.5) is 40.8 Å². The van der Waals surface area contributed by atoms with Crippen LogP contribution >= 0.6 is 0 Å². The molecule has 8 aromatic rings. The number of rotatable bonds is 24. The summed E-state index contributed by atoms with van der Waals surface area (Å²) < 4.78 is 30.5. The summed E-state index contributed by atoms with van der Waals surface area (Å²) in [5.41, 5.74) is 8.40. The average Bonchev–Trinajstić information content (AvgIpc) is 4.56. The van der Waals surface area contributed by atoms with E-state index in [1.54, 1.807) is 29.6 Å². The highest BCUT2D eigenvalue weighted by molar-refractivity contribution is 5.92. The lowest BCUT2D eigenvalue weighted by molar-refractivity contribution is -0.734. The second-order valence-electron chi connectivity index (χ2n) is 17.0. The van der Waals surface area contributed by atoms with Crippen molar-refractivity contribution in [3.8, 4) is 0 Å². The summed E-state index contributed by atoms with van der Waals surface area (Å²) in [5, 5.41) is 36.5. The number of imidazole rings is 5. The molecule has 0 aliphatic carbocycles. The molecule has 6 aromatic heterocycles. The monoisotopic (exact) mass is 1160 g/mol. The number of aromatic nitrogens is 11. The van der Waals surface area contributed by atoms with Gasteiger partial charge in [0.05, 0.1) is 47.5 Å². The van der Waals surface area contributed by atoms with Crippen LogP contribution in [0.5, 0.6) is 0 Å². The molecule has 6 heterocycles. The van der Waals surface area contributed by atoms with Gasteiger partial charge in [0.15, 0.2) is 17.7 Å². The summed E-state index contributed by atoms with van der Waals surface area (Å²) in [7, 11) is 5.39. The Bertz CT molecular complexity index is 3310. The maximum absolute atomic E-state index is 12.4. The smallest absolute Gasteiger partial charge is 0.434 e. The van der Waals surface area contributed by atoms with E-state index in [4.69, 9.17) is 10.2 Å². The second kappa shape index (κ2) is 34.9. The predicted molar refractivity (Wildman–Crippen MR) is 292 cm³/mol.